The molecule has 0 radical (unpaired) electrons. The number of H-pyrrole nitrogens is 1. The van der Waals surface area contributed by atoms with E-state index in [9.17, 15) is 4.79 Å². The van der Waals surface area contributed by atoms with Gasteiger partial charge in [-0.3, -0.25) is 14.9 Å². The molecule has 0 aliphatic rings. The lowest BCUT2D eigenvalue weighted by Gasteiger charge is -2.11. The second kappa shape index (κ2) is 5.94. The Bertz CT molecular complexity index is 539. The minimum Gasteiger partial charge on any atom is -0.385 e. The summed E-state index contributed by atoms with van der Waals surface area (Å²) in [4.78, 5) is 20.1. The lowest BCUT2D eigenvalue weighted by molar-refractivity contribution is 0.0933. The second-order valence-corrected chi connectivity index (χ2v) is 4.03. The Morgan fingerprint density at radius 2 is 2.32 bits per heavy atom. The van der Waals surface area contributed by atoms with E-state index in [-0.39, 0.29) is 11.9 Å². The van der Waals surface area contributed by atoms with Crippen LogP contribution in [0, 0.1) is 0 Å². The number of aromatic nitrogens is 4. The van der Waals surface area contributed by atoms with Crippen molar-refractivity contribution in [1.29, 1.82) is 0 Å². The van der Waals surface area contributed by atoms with Crippen LogP contribution in [0.25, 0.3) is 0 Å². The lowest BCUT2D eigenvalue weighted by Crippen LogP contribution is -2.28. The van der Waals surface area contributed by atoms with E-state index in [4.69, 9.17) is 0 Å². The number of rotatable bonds is 5. The Morgan fingerprint density at radius 1 is 1.47 bits per heavy atom. The maximum atomic E-state index is 12.0. The summed E-state index contributed by atoms with van der Waals surface area (Å²) in [7, 11) is 0. The van der Waals surface area contributed by atoms with Gasteiger partial charge in [0.15, 0.2) is 0 Å². The molecule has 7 heteroatoms. The van der Waals surface area contributed by atoms with Crippen molar-refractivity contribution in [3.05, 3.63) is 36.2 Å². The van der Waals surface area contributed by atoms with Crippen LogP contribution in [0.5, 0.6) is 0 Å². The Kier molecular flexibility index (Phi) is 4.07. The van der Waals surface area contributed by atoms with Crippen LogP contribution in [0.15, 0.2) is 24.7 Å². The third-order valence-electron chi connectivity index (χ3n) is 2.56. The molecule has 0 aromatic carbocycles. The number of anilines is 1. The molecule has 1 unspecified atom stereocenters. The van der Waals surface area contributed by atoms with Crippen molar-refractivity contribution in [3.63, 3.8) is 0 Å². The topological polar surface area (TPSA) is 95.6 Å². The van der Waals surface area contributed by atoms with Gasteiger partial charge in [0, 0.05) is 18.4 Å². The zero-order valence-electron chi connectivity index (χ0n) is 10.8. The Morgan fingerprint density at radius 3 is 3.00 bits per heavy atom. The van der Waals surface area contributed by atoms with Gasteiger partial charge in [0.05, 0.1) is 6.04 Å². The fraction of sp³-hybridized carbons (Fsp3) is 0.333. The van der Waals surface area contributed by atoms with Gasteiger partial charge in [-0.25, -0.2) is 4.98 Å². The standard InChI is InChI=1S/C12H16N6O/c1-3-13-9-4-5-14-10(6-9)12(19)17-8(2)11-15-7-16-18-11/h4-8H,3H2,1-2H3,(H,13,14)(H,17,19)(H,15,16,18). The molecule has 0 saturated carbocycles. The van der Waals surface area contributed by atoms with E-state index < -0.39 is 0 Å². The van der Waals surface area contributed by atoms with Gasteiger partial charge in [0.1, 0.15) is 17.8 Å². The van der Waals surface area contributed by atoms with Crippen LogP contribution in [0.1, 0.15) is 36.2 Å². The Labute approximate surface area is 110 Å². The highest BCUT2D eigenvalue weighted by molar-refractivity contribution is 5.93. The van der Waals surface area contributed by atoms with E-state index in [0.29, 0.717) is 11.5 Å². The van der Waals surface area contributed by atoms with Gasteiger partial charge in [-0.05, 0) is 26.0 Å². The number of amides is 1. The van der Waals surface area contributed by atoms with Crippen LogP contribution < -0.4 is 10.6 Å². The van der Waals surface area contributed by atoms with Crippen molar-refractivity contribution in [2.75, 3.05) is 11.9 Å². The average molecular weight is 260 g/mol. The summed E-state index contributed by atoms with van der Waals surface area (Å²) in [6, 6.07) is 3.28. The van der Waals surface area contributed by atoms with E-state index in [1.165, 1.54) is 6.33 Å². The largest absolute Gasteiger partial charge is 0.385 e. The quantitative estimate of drug-likeness (QED) is 0.748. The van der Waals surface area contributed by atoms with Crippen LogP contribution in [-0.2, 0) is 0 Å². The van der Waals surface area contributed by atoms with Crippen molar-refractivity contribution < 1.29 is 4.79 Å². The fourth-order valence-corrected chi connectivity index (χ4v) is 1.63. The molecule has 2 aromatic rings. The molecular formula is C12H16N6O. The van der Waals surface area contributed by atoms with Gasteiger partial charge in [-0.2, -0.15) is 5.10 Å². The van der Waals surface area contributed by atoms with Crippen molar-refractivity contribution in [3.8, 4) is 0 Å². The first kappa shape index (κ1) is 13.0. The van der Waals surface area contributed by atoms with Crippen LogP contribution in [0.3, 0.4) is 0 Å². The molecule has 3 N–H and O–H groups in total. The summed E-state index contributed by atoms with van der Waals surface area (Å²) in [5.41, 5.74) is 1.24. The van der Waals surface area contributed by atoms with Crippen LogP contribution in [-0.4, -0.2) is 32.6 Å². The number of nitrogens with one attached hydrogen (secondary N) is 3. The molecule has 7 nitrogen and oxygen atoms in total. The zero-order valence-corrected chi connectivity index (χ0v) is 10.8. The minimum atomic E-state index is -0.250. The number of aromatic amines is 1. The Hall–Kier alpha value is -2.44. The number of hydrogen-bond acceptors (Lipinski definition) is 5. The molecule has 1 amide bonds. The molecule has 0 aliphatic carbocycles. The Balaban J connectivity index is 2.05. The van der Waals surface area contributed by atoms with Crippen molar-refractivity contribution in [2.45, 2.75) is 19.9 Å². The smallest absolute Gasteiger partial charge is 0.270 e. The number of carbonyl (C=O) groups is 1. The molecule has 0 saturated heterocycles. The highest BCUT2D eigenvalue weighted by atomic mass is 16.1. The summed E-state index contributed by atoms with van der Waals surface area (Å²) in [6.45, 7) is 4.61. The summed E-state index contributed by atoms with van der Waals surface area (Å²) in [5, 5.41) is 12.4. The minimum absolute atomic E-state index is 0.247. The highest BCUT2D eigenvalue weighted by Gasteiger charge is 2.14. The number of pyridine rings is 1. The molecule has 0 bridgehead atoms. The maximum absolute atomic E-state index is 12.0. The SMILES string of the molecule is CCNc1ccnc(C(=O)NC(C)c2ncn[nH]2)c1. The van der Waals surface area contributed by atoms with Gasteiger partial charge in [-0.15, -0.1) is 0 Å². The lowest BCUT2D eigenvalue weighted by atomic mass is 10.2. The van der Waals surface area contributed by atoms with E-state index in [1.807, 2.05) is 19.9 Å². The third-order valence-corrected chi connectivity index (χ3v) is 2.56. The molecule has 1 atom stereocenters. The molecule has 0 spiro atoms. The number of hydrogen-bond donors (Lipinski definition) is 3. The van der Waals surface area contributed by atoms with Crippen LogP contribution >= 0.6 is 0 Å². The maximum Gasteiger partial charge on any atom is 0.270 e. The molecular weight excluding hydrogens is 244 g/mol. The van der Waals surface area contributed by atoms with Crippen molar-refractivity contribution in [1.82, 2.24) is 25.5 Å². The van der Waals surface area contributed by atoms with Gasteiger partial charge >= 0.3 is 0 Å². The molecule has 19 heavy (non-hydrogen) atoms. The number of nitrogens with zero attached hydrogens (tertiary/aromatic N) is 3. The highest BCUT2D eigenvalue weighted by Crippen LogP contribution is 2.10. The summed E-state index contributed by atoms with van der Waals surface area (Å²) in [6.07, 6.45) is 3.01. The van der Waals surface area contributed by atoms with E-state index in [2.05, 4.69) is 30.8 Å². The normalized spacial score (nSPS) is 11.9. The van der Waals surface area contributed by atoms with Crippen molar-refractivity contribution in [2.24, 2.45) is 0 Å². The monoisotopic (exact) mass is 260 g/mol. The average Bonchev–Trinajstić information content (AvgIpc) is 2.93. The number of carbonyl (C=O) groups excluding carboxylic acids is 1. The first-order valence-electron chi connectivity index (χ1n) is 6.06. The molecule has 0 aliphatic heterocycles. The predicted octanol–water partition coefficient (Wildman–Crippen LogP) is 1.12. The van der Waals surface area contributed by atoms with Crippen molar-refractivity contribution >= 4 is 11.6 Å². The summed E-state index contributed by atoms with van der Waals surface area (Å²) < 4.78 is 0. The van der Waals surface area contributed by atoms with Gasteiger partial charge in [0.25, 0.3) is 5.91 Å². The second-order valence-electron chi connectivity index (χ2n) is 4.03. The van der Waals surface area contributed by atoms with E-state index in [1.54, 1.807) is 12.3 Å². The van der Waals surface area contributed by atoms with Gasteiger partial charge < -0.3 is 10.6 Å². The zero-order chi connectivity index (χ0) is 13.7. The third kappa shape index (κ3) is 3.27. The molecule has 100 valence electrons. The molecule has 2 rings (SSSR count). The summed E-state index contributed by atoms with van der Waals surface area (Å²) >= 11 is 0. The van der Waals surface area contributed by atoms with E-state index in [0.717, 1.165) is 12.2 Å². The van der Waals surface area contributed by atoms with Crippen LogP contribution in [0.4, 0.5) is 5.69 Å². The first-order valence-corrected chi connectivity index (χ1v) is 6.06. The predicted molar refractivity (Wildman–Crippen MR) is 70.7 cm³/mol. The van der Waals surface area contributed by atoms with Crippen LogP contribution in [0.2, 0.25) is 0 Å². The van der Waals surface area contributed by atoms with Gasteiger partial charge in [-0.1, -0.05) is 0 Å². The molecule has 2 aromatic heterocycles. The fourth-order valence-electron chi connectivity index (χ4n) is 1.63. The first-order chi connectivity index (χ1) is 9.20. The summed E-state index contributed by atoms with van der Waals surface area (Å²) in [5.74, 6) is 0.361. The molecule has 0 fully saturated rings. The molecule has 2 heterocycles. The van der Waals surface area contributed by atoms with E-state index >= 15 is 0 Å². The van der Waals surface area contributed by atoms with Gasteiger partial charge in [0.2, 0.25) is 0 Å².